The number of hydrogen-bond acceptors (Lipinski definition) is 4. The van der Waals surface area contributed by atoms with Crippen LogP contribution in [0.2, 0.25) is 0 Å². The lowest BCUT2D eigenvalue weighted by Gasteiger charge is -2.23. The van der Waals surface area contributed by atoms with Crippen molar-refractivity contribution in [2.24, 2.45) is 9.98 Å². The van der Waals surface area contributed by atoms with Crippen LogP contribution in [0.4, 0.5) is 0 Å². The molecule has 0 unspecified atom stereocenters. The lowest BCUT2D eigenvalue weighted by Crippen LogP contribution is -2.26. The Balaban J connectivity index is 3.22. The monoisotopic (exact) mass is 405 g/mol. The molecule has 0 saturated carbocycles. The van der Waals surface area contributed by atoms with E-state index in [1.54, 1.807) is 7.05 Å². The number of nitrogens with one attached hydrogen (secondary N) is 1. The highest BCUT2D eigenvalue weighted by Gasteiger charge is 2.17. The van der Waals surface area contributed by atoms with Gasteiger partial charge < -0.3 is 5.32 Å². The Hall–Kier alpha value is -2.93. The van der Waals surface area contributed by atoms with Gasteiger partial charge in [-0.25, -0.2) is 0 Å². The number of nitrogens with zero attached hydrogens (tertiary/aromatic N) is 2. The van der Waals surface area contributed by atoms with E-state index in [1.807, 2.05) is 45.0 Å². The predicted molar refractivity (Wildman–Crippen MR) is 129 cm³/mol. The van der Waals surface area contributed by atoms with Crippen LogP contribution < -0.4 is 5.32 Å². The van der Waals surface area contributed by atoms with E-state index in [-0.39, 0.29) is 11.8 Å². The van der Waals surface area contributed by atoms with Crippen molar-refractivity contribution in [3.63, 3.8) is 0 Å². The number of carbonyl (C=O) groups is 1. The van der Waals surface area contributed by atoms with Gasteiger partial charge >= 0.3 is 0 Å². The number of allylic oxidation sites excluding steroid dienone is 2. The molecule has 4 nitrogen and oxygen atoms in total. The summed E-state index contributed by atoms with van der Waals surface area (Å²) in [5.74, 6) is 0.148. The van der Waals surface area contributed by atoms with Crippen molar-refractivity contribution in [3.05, 3.63) is 58.8 Å². The quantitative estimate of drug-likeness (QED) is 0.276. The lowest BCUT2D eigenvalue weighted by molar-refractivity contribution is 0.0988. The molecule has 4 heteroatoms. The van der Waals surface area contributed by atoms with Crippen molar-refractivity contribution in [2.75, 3.05) is 7.05 Å². The molecular weight excluding hydrogens is 370 g/mol. The Morgan fingerprint density at radius 1 is 1.13 bits per heavy atom. The largest absolute Gasteiger partial charge is 0.377 e. The van der Waals surface area contributed by atoms with Crippen LogP contribution >= 0.6 is 0 Å². The zero-order chi connectivity index (χ0) is 22.7. The average Bonchev–Trinajstić information content (AvgIpc) is 2.76. The summed E-state index contributed by atoms with van der Waals surface area (Å²) in [4.78, 5) is 20.6. The van der Waals surface area contributed by atoms with Gasteiger partial charge in [0.2, 0.25) is 0 Å². The molecule has 1 aromatic rings. The van der Waals surface area contributed by atoms with Crippen molar-refractivity contribution in [3.8, 4) is 12.5 Å². The van der Waals surface area contributed by atoms with E-state index in [0.29, 0.717) is 17.8 Å². The van der Waals surface area contributed by atoms with Crippen LogP contribution in [0.3, 0.4) is 0 Å². The fourth-order valence-corrected chi connectivity index (χ4v) is 3.42. The maximum Gasteiger partial charge on any atom is 0.162 e. The normalized spacial score (nSPS) is 13.9. The van der Waals surface area contributed by atoms with Crippen molar-refractivity contribution in [1.82, 2.24) is 5.32 Å². The van der Waals surface area contributed by atoms with Crippen LogP contribution in [0, 0.1) is 12.5 Å². The Morgan fingerprint density at radius 3 is 2.23 bits per heavy atom. The van der Waals surface area contributed by atoms with E-state index in [9.17, 15) is 4.79 Å². The lowest BCUT2D eigenvalue weighted by atomic mass is 9.96. The maximum absolute atomic E-state index is 11.9. The van der Waals surface area contributed by atoms with Crippen molar-refractivity contribution < 1.29 is 4.79 Å². The number of Topliss-reactive ketones (excluding diaryl/α,β-unsaturated/α-hetero) is 1. The molecule has 0 fully saturated rings. The number of carbonyl (C=O) groups excluding carboxylic acids is 1. The Labute approximate surface area is 182 Å². The van der Waals surface area contributed by atoms with Crippen LogP contribution in [0.25, 0.3) is 0 Å². The first kappa shape index (κ1) is 25.1. The highest BCUT2D eigenvalue weighted by atomic mass is 16.1. The van der Waals surface area contributed by atoms with Crippen molar-refractivity contribution >= 4 is 17.2 Å². The topological polar surface area (TPSA) is 53.8 Å². The number of hydrogen-bond donors (Lipinski definition) is 1. The summed E-state index contributed by atoms with van der Waals surface area (Å²) in [6.45, 7) is 14.4. The fourth-order valence-electron chi connectivity index (χ4n) is 3.42. The molecule has 0 aliphatic heterocycles. The van der Waals surface area contributed by atoms with Crippen LogP contribution in [0.15, 0.2) is 57.7 Å². The summed E-state index contributed by atoms with van der Waals surface area (Å²) < 4.78 is 0. The Bertz CT molecular complexity index is 880. The van der Waals surface area contributed by atoms with Gasteiger partial charge in [0, 0.05) is 30.8 Å². The first-order valence-electron chi connectivity index (χ1n) is 10.6. The standard InChI is InChI=1S/C26H35N3O/c1-9-13-24(21-14-16-22(17-15-21)25(30)11-3)29-20(7)26(28-12-4)19(6)18(5)23(10-2)27-8/h4,14-17,24,29H,7,9-11,13H2,1-3,5-6,8H3/b19-18+,27-23?,28-26?/t24-/m0/s1. The zero-order valence-electron chi connectivity index (χ0n) is 19.3. The molecule has 1 atom stereocenters. The smallest absolute Gasteiger partial charge is 0.162 e. The van der Waals surface area contributed by atoms with Crippen LogP contribution in [0.1, 0.15) is 82.3 Å². The molecule has 0 aliphatic carbocycles. The minimum absolute atomic E-state index is 0.0508. The predicted octanol–water partition coefficient (Wildman–Crippen LogP) is 6.07. The average molecular weight is 406 g/mol. The van der Waals surface area contributed by atoms with Crippen molar-refractivity contribution in [1.29, 1.82) is 0 Å². The molecule has 0 saturated heterocycles. The van der Waals surface area contributed by atoms with Crippen LogP contribution in [0.5, 0.6) is 0 Å². The highest BCUT2D eigenvalue weighted by Crippen LogP contribution is 2.23. The molecule has 1 rings (SSSR count). The van der Waals surface area contributed by atoms with E-state index in [0.717, 1.165) is 47.2 Å². The second-order valence-corrected chi connectivity index (χ2v) is 7.23. The van der Waals surface area contributed by atoms with Gasteiger partial charge in [0.1, 0.15) is 0 Å². The summed E-state index contributed by atoms with van der Waals surface area (Å²) in [5.41, 5.74) is 6.25. The summed E-state index contributed by atoms with van der Waals surface area (Å²) in [6.07, 6.45) is 8.77. The molecule has 0 radical (unpaired) electrons. The number of aliphatic imine (C=N–C) groups is 2. The first-order chi connectivity index (χ1) is 14.3. The Morgan fingerprint density at radius 2 is 1.77 bits per heavy atom. The molecule has 30 heavy (non-hydrogen) atoms. The maximum atomic E-state index is 11.9. The molecule has 1 N–H and O–H groups in total. The van der Waals surface area contributed by atoms with Gasteiger partial charge in [0.15, 0.2) is 5.78 Å². The third-order valence-electron chi connectivity index (χ3n) is 5.30. The molecule has 0 spiro atoms. The van der Waals surface area contributed by atoms with E-state index in [4.69, 9.17) is 6.42 Å². The molecule has 0 amide bonds. The van der Waals surface area contributed by atoms with E-state index in [1.165, 1.54) is 0 Å². The molecule has 0 aliphatic rings. The molecule has 0 heterocycles. The minimum Gasteiger partial charge on any atom is -0.377 e. The summed E-state index contributed by atoms with van der Waals surface area (Å²) in [6, 6.07) is 10.3. The molecule has 160 valence electrons. The van der Waals surface area contributed by atoms with Gasteiger partial charge in [-0.15, -0.1) is 0 Å². The number of terminal acetylenes is 1. The van der Waals surface area contributed by atoms with E-state index in [2.05, 4.69) is 41.8 Å². The third kappa shape index (κ3) is 6.56. The van der Waals surface area contributed by atoms with Crippen molar-refractivity contribution in [2.45, 2.75) is 66.3 Å². The second-order valence-electron chi connectivity index (χ2n) is 7.23. The molecule has 1 aromatic carbocycles. The van der Waals surface area contributed by atoms with Gasteiger partial charge in [-0.2, -0.15) is 4.99 Å². The second kappa shape index (κ2) is 12.6. The number of rotatable bonds is 11. The van der Waals surface area contributed by atoms with Gasteiger partial charge in [0.05, 0.1) is 17.5 Å². The number of benzene rings is 1. The molecular formula is C26H35N3O. The minimum atomic E-state index is 0.0508. The summed E-state index contributed by atoms with van der Waals surface area (Å²) in [5, 5.41) is 3.51. The van der Waals surface area contributed by atoms with E-state index < -0.39 is 0 Å². The van der Waals surface area contributed by atoms with Crippen LogP contribution in [-0.2, 0) is 0 Å². The Kier molecular flexibility index (Phi) is 10.5. The van der Waals surface area contributed by atoms with Gasteiger partial charge in [0.25, 0.3) is 0 Å². The zero-order valence-corrected chi connectivity index (χ0v) is 19.3. The van der Waals surface area contributed by atoms with Gasteiger partial charge in [-0.05, 0) is 43.4 Å². The summed E-state index contributed by atoms with van der Waals surface area (Å²) in [7, 11) is 1.80. The van der Waals surface area contributed by atoms with Gasteiger partial charge in [-0.3, -0.25) is 9.79 Å². The summed E-state index contributed by atoms with van der Waals surface area (Å²) >= 11 is 0. The third-order valence-corrected chi connectivity index (χ3v) is 5.30. The highest BCUT2D eigenvalue weighted by molar-refractivity contribution is 6.16. The fraction of sp³-hybridized carbons (Fsp3) is 0.423. The number of ketones is 1. The molecule has 0 aromatic heterocycles. The SMILES string of the molecule is C#CN=C(C(=C)N[C@@H](CCC)c1ccc(C(=O)CC)cc1)/C(C)=C(\C)C(CC)=NC. The van der Waals surface area contributed by atoms with E-state index >= 15 is 0 Å². The molecule has 0 bridgehead atoms. The van der Waals surface area contributed by atoms with Gasteiger partial charge in [-0.1, -0.05) is 64.5 Å². The van der Waals surface area contributed by atoms with Crippen LogP contribution in [-0.4, -0.2) is 24.3 Å². The first-order valence-corrected chi connectivity index (χ1v) is 10.6.